The molecule has 0 saturated heterocycles. The first-order valence-corrected chi connectivity index (χ1v) is 10.8. The first kappa shape index (κ1) is 19.6. The highest BCUT2D eigenvalue weighted by Crippen LogP contribution is 2.26. The van der Waals surface area contributed by atoms with Crippen molar-refractivity contribution in [1.82, 2.24) is 14.5 Å². The van der Waals surface area contributed by atoms with E-state index in [1.165, 1.54) is 28.1 Å². The van der Waals surface area contributed by atoms with Crippen molar-refractivity contribution in [3.05, 3.63) is 107 Å². The summed E-state index contributed by atoms with van der Waals surface area (Å²) in [6.45, 7) is 3.49. The molecule has 0 aliphatic carbocycles. The maximum absolute atomic E-state index is 5.92. The zero-order chi connectivity index (χ0) is 21.0. The topological polar surface area (TPSA) is 30.3 Å². The molecular weight excluding hydrogens is 382 g/mol. The van der Waals surface area contributed by atoms with Crippen LogP contribution in [0.25, 0.3) is 11.4 Å². The molecule has 0 saturated carbocycles. The Morgan fingerprint density at radius 2 is 1.55 bits per heavy atom. The second-order valence-corrected chi connectivity index (χ2v) is 8.13. The number of benzene rings is 3. The molecule has 1 aromatic heterocycles. The molecule has 1 aliphatic heterocycles. The largest absolute Gasteiger partial charge is 0.489 e. The third kappa shape index (κ3) is 4.39. The summed E-state index contributed by atoms with van der Waals surface area (Å²) in [6, 6.07) is 29.2. The van der Waals surface area contributed by atoms with Crippen molar-refractivity contribution >= 4 is 0 Å². The Bertz CT molecular complexity index is 1130. The summed E-state index contributed by atoms with van der Waals surface area (Å²) in [5, 5.41) is 0. The first-order valence-electron chi connectivity index (χ1n) is 10.8. The van der Waals surface area contributed by atoms with Gasteiger partial charge in [-0.1, -0.05) is 72.8 Å². The van der Waals surface area contributed by atoms with E-state index in [9.17, 15) is 0 Å². The van der Waals surface area contributed by atoms with Gasteiger partial charge in [0.25, 0.3) is 0 Å². The van der Waals surface area contributed by atoms with Crippen LogP contribution in [0.2, 0.25) is 0 Å². The minimum atomic E-state index is 0.597. The summed E-state index contributed by atoms with van der Waals surface area (Å²) in [5.74, 6) is 1.97. The number of nitrogens with zero attached hydrogens (tertiary/aromatic N) is 3. The van der Waals surface area contributed by atoms with E-state index in [0.29, 0.717) is 6.61 Å². The maximum Gasteiger partial charge on any atom is 0.140 e. The number of imidazole rings is 1. The zero-order valence-electron chi connectivity index (χ0n) is 17.9. The third-order valence-electron chi connectivity index (χ3n) is 5.94. The van der Waals surface area contributed by atoms with Gasteiger partial charge in [-0.05, 0) is 23.3 Å². The predicted molar refractivity (Wildman–Crippen MR) is 124 cm³/mol. The van der Waals surface area contributed by atoms with Gasteiger partial charge in [0.1, 0.15) is 18.2 Å². The minimum Gasteiger partial charge on any atom is -0.489 e. The average Bonchev–Trinajstić information content (AvgIpc) is 3.16. The Morgan fingerprint density at radius 1 is 0.839 bits per heavy atom. The average molecular weight is 410 g/mol. The SMILES string of the molecule is Cn1c(-c2ccccc2)nc2c1CN(Cc1ccc(OCc3ccccc3)cc1)CC2. The molecule has 0 atom stereocenters. The molecule has 0 spiro atoms. The lowest BCUT2D eigenvalue weighted by Crippen LogP contribution is -2.31. The van der Waals surface area contributed by atoms with E-state index in [4.69, 9.17) is 9.72 Å². The summed E-state index contributed by atoms with van der Waals surface area (Å²) < 4.78 is 8.18. The van der Waals surface area contributed by atoms with E-state index < -0.39 is 0 Å². The van der Waals surface area contributed by atoms with E-state index >= 15 is 0 Å². The first-order chi connectivity index (χ1) is 15.3. The molecule has 0 N–H and O–H groups in total. The molecule has 1 aliphatic rings. The van der Waals surface area contributed by atoms with Crippen LogP contribution in [0.3, 0.4) is 0 Å². The van der Waals surface area contributed by atoms with Crippen molar-refractivity contribution in [2.24, 2.45) is 7.05 Å². The molecule has 4 nitrogen and oxygen atoms in total. The monoisotopic (exact) mass is 409 g/mol. The normalized spacial score (nSPS) is 13.7. The van der Waals surface area contributed by atoms with Gasteiger partial charge < -0.3 is 9.30 Å². The van der Waals surface area contributed by atoms with Gasteiger partial charge in [0.05, 0.1) is 11.4 Å². The minimum absolute atomic E-state index is 0.597. The second kappa shape index (κ2) is 8.78. The molecule has 0 radical (unpaired) electrons. The van der Waals surface area contributed by atoms with Crippen LogP contribution in [0.15, 0.2) is 84.9 Å². The second-order valence-electron chi connectivity index (χ2n) is 8.13. The molecule has 31 heavy (non-hydrogen) atoms. The van der Waals surface area contributed by atoms with Crippen molar-refractivity contribution in [3.8, 4) is 17.1 Å². The fourth-order valence-corrected chi connectivity index (χ4v) is 4.21. The van der Waals surface area contributed by atoms with Crippen molar-refractivity contribution in [2.75, 3.05) is 6.54 Å². The third-order valence-corrected chi connectivity index (χ3v) is 5.94. The Balaban J connectivity index is 1.23. The van der Waals surface area contributed by atoms with Gasteiger partial charge in [-0.25, -0.2) is 4.98 Å². The highest BCUT2D eigenvalue weighted by molar-refractivity contribution is 5.57. The number of rotatable bonds is 6. The van der Waals surface area contributed by atoms with Gasteiger partial charge >= 0.3 is 0 Å². The maximum atomic E-state index is 5.92. The van der Waals surface area contributed by atoms with Crippen LogP contribution >= 0.6 is 0 Å². The van der Waals surface area contributed by atoms with Crippen molar-refractivity contribution < 1.29 is 4.74 Å². The zero-order valence-corrected chi connectivity index (χ0v) is 17.9. The fraction of sp³-hybridized carbons (Fsp3) is 0.222. The van der Waals surface area contributed by atoms with E-state index in [1.54, 1.807) is 0 Å². The van der Waals surface area contributed by atoms with Crippen LogP contribution in [-0.2, 0) is 33.2 Å². The highest BCUT2D eigenvalue weighted by Gasteiger charge is 2.23. The smallest absolute Gasteiger partial charge is 0.140 e. The lowest BCUT2D eigenvalue weighted by Gasteiger charge is -2.27. The summed E-state index contributed by atoms with van der Waals surface area (Å²) >= 11 is 0. The highest BCUT2D eigenvalue weighted by atomic mass is 16.5. The molecule has 3 aromatic carbocycles. The molecule has 4 aromatic rings. The molecule has 2 heterocycles. The standard InChI is InChI=1S/C27H27N3O/c1-29-26-19-30(17-16-25(26)28-27(29)23-10-6-3-7-11-23)18-21-12-14-24(15-13-21)31-20-22-8-4-2-5-9-22/h2-15H,16-20H2,1H3. The number of hydrogen-bond acceptors (Lipinski definition) is 3. The summed E-state index contributed by atoms with van der Waals surface area (Å²) in [7, 11) is 2.14. The molecule has 0 amide bonds. The van der Waals surface area contributed by atoms with Crippen LogP contribution in [0.5, 0.6) is 5.75 Å². The Kier molecular flexibility index (Phi) is 5.55. The number of fused-ring (bicyclic) bond motifs is 1. The molecule has 4 heteroatoms. The van der Waals surface area contributed by atoms with Gasteiger partial charge in [0, 0.05) is 38.7 Å². The van der Waals surface area contributed by atoms with Crippen molar-refractivity contribution in [1.29, 1.82) is 0 Å². The number of hydrogen-bond donors (Lipinski definition) is 0. The van der Waals surface area contributed by atoms with E-state index in [1.807, 2.05) is 24.3 Å². The van der Waals surface area contributed by atoms with Gasteiger partial charge in [-0.3, -0.25) is 4.90 Å². The van der Waals surface area contributed by atoms with Gasteiger partial charge in [-0.2, -0.15) is 0 Å². The lowest BCUT2D eigenvalue weighted by molar-refractivity contribution is 0.238. The molecule has 0 bridgehead atoms. The molecule has 156 valence electrons. The van der Waals surface area contributed by atoms with Gasteiger partial charge in [0.2, 0.25) is 0 Å². The lowest BCUT2D eigenvalue weighted by atomic mass is 10.1. The number of ether oxygens (including phenoxy) is 1. The van der Waals surface area contributed by atoms with E-state index in [-0.39, 0.29) is 0 Å². The predicted octanol–water partition coefficient (Wildman–Crippen LogP) is 5.22. The summed E-state index contributed by atoms with van der Waals surface area (Å²) in [5.41, 5.74) is 6.23. The molecule has 0 unspecified atom stereocenters. The molecule has 0 fully saturated rings. The van der Waals surface area contributed by atoms with Crippen LogP contribution in [0.1, 0.15) is 22.5 Å². The van der Waals surface area contributed by atoms with Crippen LogP contribution in [-0.4, -0.2) is 21.0 Å². The van der Waals surface area contributed by atoms with Crippen molar-refractivity contribution in [3.63, 3.8) is 0 Å². The van der Waals surface area contributed by atoms with Crippen LogP contribution in [0, 0.1) is 0 Å². The quantitative estimate of drug-likeness (QED) is 0.437. The Labute approximate surface area is 183 Å². The summed E-state index contributed by atoms with van der Waals surface area (Å²) in [6.07, 6.45) is 0.994. The van der Waals surface area contributed by atoms with Gasteiger partial charge in [0.15, 0.2) is 0 Å². The van der Waals surface area contributed by atoms with Gasteiger partial charge in [-0.15, -0.1) is 0 Å². The Hall–Kier alpha value is -3.37. The number of aromatic nitrogens is 2. The molecular formula is C27H27N3O. The van der Waals surface area contributed by atoms with Crippen LogP contribution < -0.4 is 4.74 Å². The fourth-order valence-electron chi connectivity index (χ4n) is 4.21. The Morgan fingerprint density at radius 3 is 2.29 bits per heavy atom. The van der Waals surface area contributed by atoms with Crippen molar-refractivity contribution in [2.45, 2.75) is 26.1 Å². The van der Waals surface area contributed by atoms with E-state index in [0.717, 1.165) is 37.6 Å². The summed E-state index contributed by atoms with van der Waals surface area (Å²) in [4.78, 5) is 7.44. The van der Waals surface area contributed by atoms with E-state index in [2.05, 4.69) is 77.2 Å². The molecule has 5 rings (SSSR count). The van der Waals surface area contributed by atoms with Crippen LogP contribution in [0.4, 0.5) is 0 Å².